The van der Waals surface area contributed by atoms with Gasteiger partial charge in [0.25, 0.3) is 5.56 Å². The van der Waals surface area contributed by atoms with Gasteiger partial charge in [0.05, 0.1) is 24.2 Å². The molecule has 2 aromatic carbocycles. The van der Waals surface area contributed by atoms with Crippen molar-refractivity contribution < 1.29 is 9.47 Å². The van der Waals surface area contributed by atoms with E-state index in [2.05, 4.69) is 20.3 Å². The molecule has 0 saturated heterocycles. The van der Waals surface area contributed by atoms with Gasteiger partial charge in [-0.1, -0.05) is 30.3 Å². The summed E-state index contributed by atoms with van der Waals surface area (Å²) in [7, 11) is 1.55. The van der Waals surface area contributed by atoms with Crippen LogP contribution in [0, 0.1) is 5.41 Å². The van der Waals surface area contributed by atoms with Crippen LogP contribution in [0.1, 0.15) is 22.6 Å². The molecule has 2 aromatic heterocycles. The predicted molar refractivity (Wildman–Crippen MR) is 128 cm³/mol. The van der Waals surface area contributed by atoms with Crippen molar-refractivity contribution in [2.45, 2.75) is 5.92 Å². The van der Waals surface area contributed by atoms with Gasteiger partial charge < -0.3 is 14.8 Å². The zero-order valence-electron chi connectivity index (χ0n) is 17.8. The summed E-state index contributed by atoms with van der Waals surface area (Å²) in [5.41, 5.74) is 0.576. The summed E-state index contributed by atoms with van der Waals surface area (Å²) in [4.78, 5) is 33.9. The van der Waals surface area contributed by atoms with Gasteiger partial charge in [0.15, 0.2) is 5.11 Å². The molecule has 10 nitrogen and oxygen atoms in total. The lowest BCUT2D eigenvalue weighted by molar-refractivity contribution is 0.404. The van der Waals surface area contributed by atoms with Crippen molar-refractivity contribution in [3.63, 3.8) is 0 Å². The van der Waals surface area contributed by atoms with E-state index in [1.165, 1.54) is 10.9 Å². The smallest absolute Gasteiger partial charge is 0.328 e. The monoisotopic (exact) mass is 474 g/mol. The van der Waals surface area contributed by atoms with Crippen molar-refractivity contribution in [1.29, 1.82) is 5.41 Å². The zero-order chi connectivity index (χ0) is 23.8. The van der Waals surface area contributed by atoms with Crippen molar-refractivity contribution in [3.05, 3.63) is 104 Å². The van der Waals surface area contributed by atoms with Crippen LogP contribution in [0.4, 0.5) is 5.69 Å². The van der Waals surface area contributed by atoms with E-state index in [0.29, 0.717) is 16.9 Å². The van der Waals surface area contributed by atoms with E-state index in [9.17, 15) is 9.59 Å². The molecule has 0 radical (unpaired) electrons. The van der Waals surface area contributed by atoms with Crippen LogP contribution in [0.5, 0.6) is 17.5 Å². The summed E-state index contributed by atoms with van der Waals surface area (Å²) in [5, 5.41) is 12.2. The molecule has 3 heterocycles. The minimum atomic E-state index is -0.753. The first-order valence-corrected chi connectivity index (χ1v) is 10.6. The van der Waals surface area contributed by atoms with Crippen LogP contribution in [0.3, 0.4) is 0 Å². The van der Waals surface area contributed by atoms with E-state index in [1.807, 2.05) is 30.3 Å². The summed E-state index contributed by atoms with van der Waals surface area (Å²) in [6.45, 7) is 0. The van der Waals surface area contributed by atoms with E-state index >= 15 is 0 Å². The number of aromatic amines is 2. The summed E-state index contributed by atoms with van der Waals surface area (Å²) in [6, 6.07) is 16.4. The highest BCUT2D eigenvalue weighted by atomic mass is 32.1. The molecule has 0 amide bonds. The third-order valence-electron chi connectivity index (χ3n) is 5.43. The SMILES string of the molecule is COc1ccc(C2c3c([nH]c(=O)[nH]c3=O)Oc3ncn(C(=S)Nc4ccccc4)c(=N)c32)cc1. The number of nitrogens with zero attached hydrogens (tertiary/aromatic N) is 2. The second-order valence-electron chi connectivity index (χ2n) is 7.44. The Morgan fingerprint density at radius 1 is 1.12 bits per heavy atom. The van der Waals surface area contributed by atoms with Crippen molar-refractivity contribution in [2.75, 3.05) is 12.4 Å². The molecule has 1 aliphatic heterocycles. The second kappa shape index (κ2) is 8.45. The molecule has 34 heavy (non-hydrogen) atoms. The number of anilines is 1. The molecule has 4 N–H and O–H groups in total. The molecule has 1 atom stereocenters. The van der Waals surface area contributed by atoms with Crippen LogP contribution in [0.15, 0.2) is 70.5 Å². The number of benzene rings is 2. The molecule has 0 aliphatic carbocycles. The number of aromatic nitrogens is 4. The van der Waals surface area contributed by atoms with Crippen LogP contribution in [0.25, 0.3) is 0 Å². The summed E-state index contributed by atoms with van der Waals surface area (Å²) < 4.78 is 12.4. The minimum Gasteiger partial charge on any atom is -0.497 e. The standard InChI is InChI=1S/C23H18N6O4S/c1-32-14-9-7-12(8-10-14)15-16-18(24)29(23(34)26-13-5-3-2-4-6-13)11-25-20(16)33-21-17(15)19(30)27-22(31)28-21/h2-11,15,24H,1H3,(H,26,34)(H2,27,28,30,31). The third kappa shape index (κ3) is 3.67. The second-order valence-corrected chi connectivity index (χ2v) is 7.82. The Morgan fingerprint density at radius 3 is 2.56 bits per heavy atom. The third-order valence-corrected chi connectivity index (χ3v) is 5.73. The number of hydrogen-bond acceptors (Lipinski definition) is 7. The molecule has 4 aromatic rings. The predicted octanol–water partition coefficient (Wildman–Crippen LogP) is 2.28. The normalized spacial score (nSPS) is 13.9. The maximum atomic E-state index is 12.9. The molecule has 11 heteroatoms. The number of thiocarbonyl (C=S) groups is 1. The fourth-order valence-corrected chi connectivity index (χ4v) is 4.11. The molecular formula is C23H18N6O4S. The Labute approximate surface area is 197 Å². The molecule has 1 unspecified atom stereocenters. The lowest BCUT2D eigenvalue weighted by atomic mass is 9.85. The van der Waals surface area contributed by atoms with Crippen LogP contribution in [-0.4, -0.2) is 31.7 Å². The number of H-pyrrole nitrogens is 2. The van der Waals surface area contributed by atoms with Gasteiger partial charge >= 0.3 is 5.69 Å². The number of methoxy groups -OCH3 is 1. The van der Waals surface area contributed by atoms with Gasteiger partial charge in [-0.25, -0.2) is 9.78 Å². The van der Waals surface area contributed by atoms with E-state index in [0.717, 1.165) is 5.69 Å². The molecule has 0 spiro atoms. The summed E-state index contributed by atoms with van der Waals surface area (Å²) >= 11 is 5.52. The molecule has 0 fully saturated rings. The quantitative estimate of drug-likeness (QED) is 0.294. The van der Waals surface area contributed by atoms with Gasteiger partial charge in [0, 0.05) is 5.69 Å². The van der Waals surface area contributed by atoms with Crippen LogP contribution >= 0.6 is 12.2 Å². The van der Waals surface area contributed by atoms with Crippen LogP contribution in [0.2, 0.25) is 0 Å². The number of fused-ring (bicyclic) bond motifs is 2. The molecule has 1 aliphatic rings. The lowest BCUT2D eigenvalue weighted by Crippen LogP contribution is -2.38. The maximum Gasteiger partial charge on any atom is 0.328 e. The van der Waals surface area contributed by atoms with Gasteiger partial charge in [0.2, 0.25) is 11.8 Å². The fraction of sp³-hybridized carbons (Fsp3) is 0.0870. The Balaban J connectivity index is 1.69. The first-order valence-electron chi connectivity index (χ1n) is 10.2. The molecule has 5 rings (SSSR count). The molecular weight excluding hydrogens is 456 g/mol. The average molecular weight is 475 g/mol. The Hall–Kier alpha value is -4.51. The number of ether oxygens (including phenoxy) is 2. The van der Waals surface area contributed by atoms with Gasteiger partial charge in [-0.05, 0) is 42.0 Å². The van der Waals surface area contributed by atoms with Crippen molar-refractivity contribution in [2.24, 2.45) is 0 Å². The summed E-state index contributed by atoms with van der Waals surface area (Å²) in [6.07, 6.45) is 1.36. The topological polar surface area (TPSA) is 138 Å². The van der Waals surface area contributed by atoms with Crippen molar-refractivity contribution >= 4 is 23.0 Å². The van der Waals surface area contributed by atoms with Crippen molar-refractivity contribution in [3.8, 4) is 17.5 Å². The van der Waals surface area contributed by atoms with E-state index in [4.69, 9.17) is 27.1 Å². The Kier molecular flexibility index (Phi) is 5.30. The van der Waals surface area contributed by atoms with E-state index < -0.39 is 17.2 Å². The zero-order valence-corrected chi connectivity index (χ0v) is 18.6. The number of hydrogen-bond donors (Lipinski definition) is 4. The van der Waals surface area contributed by atoms with Gasteiger partial charge in [-0.15, -0.1) is 0 Å². The van der Waals surface area contributed by atoms with Gasteiger partial charge in [-0.3, -0.25) is 24.7 Å². The van der Waals surface area contributed by atoms with Gasteiger partial charge in [0.1, 0.15) is 17.6 Å². The highest BCUT2D eigenvalue weighted by Crippen LogP contribution is 2.41. The minimum absolute atomic E-state index is 0.0169. The fourth-order valence-electron chi connectivity index (χ4n) is 3.86. The molecule has 0 saturated carbocycles. The molecule has 170 valence electrons. The summed E-state index contributed by atoms with van der Waals surface area (Å²) in [5.74, 6) is -0.0421. The van der Waals surface area contributed by atoms with E-state index in [1.54, 1.807) is 31.4 Å². The van der Waals surface area contributed by atoms with Crippen LogP contribution < -0.4 is 31.5 Å². The number of para-hydroxylation sites is 1. The van der Waals surface area contributed by atoms with Crippen LogP contribution in [-0.2, 0) is 0 Å². The lowest BCUT2D eigenvalue weighted by Gasteiger charge is -2.27. The maximum absolute atomic E-state index is 12.9. The first kappa shape index (κ1) is 21.3. The molecule has 0 bridgehead atoms. The highest BCUT2D eigenvalue weighted by molar-refractivity contribution is 7.80. The van der Waals surface area contributed by atoms with Crippen molar-refractivity contribution in [1.82, 2.24) is 19.5 Å². The largest absolute Gasteiger partial charge is 0.497 e. The van der Waals surface area contributed by atoms with E-state index in [-0.39, 0.29) is 27.9 Å². The average Bonchev–Trinajstić information content (AvgIpc) is 2.83. The highest BCUT2D eigenvalue weighted by Gasteiger charge is 2.35. The Morgan fingerprint density at radius 2 is 1.85 bits per heavy atom. The van der Waals surface area contributed by atoms with Gasteiger partial charge in [-0.2, -0.15) is 0 Å². The first-order chi connectivity index (χ1) is 16.5. The number of rotatable bonds is 3. The Bertz CT molecular complexity index is 1570. The number of nitrogens with one attached hydrogen (secondary N) is 4.